The summed E-state index contributed by atoms with van der Waals surface area (Å²) < 4.78 is 0. The van der Waals surface area contributed by atoms with Crippen molar-refractivity contribution < 1.29 is 14.4 Å². The molecule has 4 heteroatoms. The van der Waals surface area contributed by atoms with Crippen LogP contribution < -0.4 is 0 Å². The molecule has 0 aromatic rings. The number of rotatable bonds is 6. The fourth-order valence-electron chi connectivity index (χ4n) is 2.99. The first-order chi connectivity index (χ1) is 8.96. The highest BCUT2D eigenvalue weighted by atomic mass is 16.2. The van der Waals surface area contributed by atoms with Gasteiger partial charge in [-0.3, -0.25) is 19.3 Å². The quantitative estimate of drug-likeness (QED) is 0.702. The third-order valence-corrected chi connectivity index (χ3v) is 3.62. The summed E-state index contributed by atoms with van der Waals surface area (Å²) in [7, 11) is 0. The summed E-state index contributed by atoms with van der Waals surface area (Å²) in [5, 5.41) is 0. The number of Topliss-reactive ketones (excluding diaryl/α,β-unsaturated/α-hetero) is 1. The van der Waals surface area contributed by atoms with Crippen molar-refractivity contribution in [2.75, 3.05) is 0 Å². The Morgan fingerprint density at radius 3 is 1.95 bits per heavy atom. The maximum atomic E-state index is 11.9. The Morgan fingerprint density at radius 2 is 1.55 bits per heavy atom. The van der Waals surface area contributed by atoms with E-state index in [1.165, 1.54) is 17.1 Å². The summed E-state index contributed by atoms with van der Waals surface area (Å²) in [6.07, 6.45) is 3.65. The Bertz CT molecular complexity index is 440. The molecule has 0 aromatic heterocycles. The molecule has 4 nitrogen and oxygen atoms in total. The van der Waals surface area contributed by atoms with Crippen molar-refractivity contribution in [3.8, 4) is 0 Å². The smallest absolute Gasteiger partial charge is 0.254 e. The molecule has 0 aromatic carbocycles. The van der Waals surface area contributed by atoms with E-state index in [0.29, 0.717) is 12.8 Å². The van der Waals surface area contributed by atoms with Crippen LogP contribution in [-0.2, 0) is 14.4 Å². The minimum Gasteiger partial charge on any atom is -0.299 e. The molecule has 1 aliphatic rings. The fraction of sp³-hybridized carbons (Fsp3) is 0.688. The van der Waals surface area contributed by atoms with Gasteiger partial charge >= 0.3 is 0 Å². The van der Waals surface area contributed by atoms with E-state index in [1.54, 1.807) is 0 Å². The van der Waals surface area contributed by atoms with E-state index < -0.39 is 5.54 Å². The molecule has 0 saturated carbocycles. The number of nitrogens with zero attached hydrogens (tertiary/aromatic N) is 1. The molecule has 0 radical (unpaired) electrons. The predicted molar refractivity (Wildman–Crippen MR) is 77.9 cm³/mol. The average molecular weight is 279 g/mol. The van der Waals surface area contributed by atoms with Crippen LogP contribution in [0.1, 0.15) is 54.4 Å². The van der Waals surface area contributed by atoms with Gasteiger partial charge in [-0.25, -0.2) is 0 Å². The van der Waals surface area contributed by atoms with E-state index in [1.807, 2.05) is 41.5 Å². The highest BCUT2D eigenvalue weighted by Crippen LogP contribution is 2.36. The van der Waals surface area contributed by atoms with Crippen molar-refractivity contribution in [1.82, 2.24) is 4.90 Å². The number of imide groups is 1. The molecule has 0 spiro atoms. The Hall–Kier alpha value is -1.45. The van der Waals surface area contributed by atoms with Crippen molar-refractivity contribution in [2.24, 2.45) is 11.3 Å². The van der Waals surface area contributed by atoms with Gasteiger partial charge in [-0.15, -0.1) is 0 Å². The van der Waals surface area contributed by atoms with Gasteiger partial charge in [0.25, 0.3) is 11.8 Å². The molecule has 1 aliphatic heterocycles. The Morgan fingerprint density at radius 1 is 1.10 bits per heavy atom. The average Bonchev–Trinajstić information content (AvgIpc) is 2.56. The third kappa shape index (κ3) is 3.78. The Labute approximate surface area is 121 Å². The standard InChI is InChI=1S/C16H25NO3/c1-11(2)12(18)9-15(3,4)10-16(5,6)17-13(19)7-8-14(17)20/h7-8,11H,9-10H2,1-6H3. The number of carbonyl (C=O) groups is 3. The molecular formula is C16H25NO3. The summed E-state index contributed by atoms with van der Waals surface area (Å²) >= 11 is 0. The number of carbonyl (C=O) groups excluding carboxylic acids is 3. The molecule has 1 rings (SSSR count). The van der Waals surface area contributed by atoms with Gasteiger partial charge in [0.15, 0.2) is 0 Å². The normalized spacial score (nSPS) is 16.4. The monoisotopic (exact) mass is 279 g/mol. The van der Waals surface area contributed by atoms with E-state index >= 15 is 0 Å². The molecule has 1 heterocycles. The van der Waals surface area contributed by atoms with Gasteiger partial charge in [-0.05, 0) is 25.7 Å². The van der Waals surface area contributed by atoms with E-state index in [2.05, 4.69) is 0 Å². The number of amides is 2. The van der Waals surface area contributed by atoms with Crippen LogP contribution in [0.4, 0.5) is 0 Å². The lowest BCUT2D eigenvalue weighted by Gasteiger charge is -2.40. The topological polar surface area (TPSA) is 54.5 Å². The van der Waals surface area contributed by atoms with Crippen molar-refractivity contribution in [2.45, 2.75) is 59.9 Å². The molecule has 0 unspecified atom stereocenters. The number of hydrogen-bond acceptors (Lipinski definition) is 3. The van der Waals surface area contributed by atoms with Gasteiger partial charge in [-0.2, -0.15) is 0 Å². The second kappa shape index (κ2) is 5.51. The number of ketones is 1. The van der Waals surface area contributed by atoms with Gasteiger partial charge in [0, 0.05) is 30.0 Å². The van der Waals surface area contributed by atoms with Crippen LogP contribution in [-0.4, -0.2) is 28.0 Å². The first-order valence-electron chi connectivity index (χ1n) is 7.05. The maximum absolute atomic E-state index is 11.9. The molecular weight excluding hydrogens is 254 g/mol. The maximum Gasteiger partial charge on any atom is 0.254 e. The summed E-state index contributed by atoms with van der Waals surface area (Å²) in [5.41, 5.74) is -0.855. The molecule has 0 fully saturated rings. The lowest BCUT2D eigenvalue weighted by Crippen LogP contribution is -2.50. The molecule has 0 atom stereocenters. The Balaban J connectivity index is 2.82. The van der Waals surface area contributed by atoms with Crippen LogP contribution in [0.15, 0.2) is 12.2 Å². The summed E-state index contributed by atoms with van der Waals surface area (Å²) in [5.74, 6) is -0.325. The third-order valence-electron chi connectivity index (χ3n) is 3.62. The van der Waals surface area contributed by atoms with Gasteiger partial charge in [-0.1, -0.05) is 27.7 Å². The van der Waals surface area contributed by atoms with Gasteiger partial charge < -0.3 is 0 Å². The van der Waals surface area contributed by atoms with E-state index in [4.69, 9.17) is 0 Å². The van der Waals surface area contributed by atoms with E-state index in [0.717, 1.165) is 0 Å². The zero-order valence-electron chi connectivity index (χ0n) is 13.3. The minimum absolute atomic E-state index is 0.00843. The predicted octanol–water partition coefficient (Wildman–Crippen LogP) is 2.72. The summed E-state index contributed by atoms with van der Waals surface area (Å²) in [4.78, 5) is 36.8. The van der Waals surface area contributed by atoms with Gasteiger partial charge in [0.1, 0.15) is 5.78 Å². The van der Waals surface area contributed by atoms with Crippen LogP contribution in [0, 0.1) is 11.3 Å². The first kappa shape index (κ1) is 16.6. The van der Waals surface area contributed by atoms with Crippen LogP contribution in [0.25, 0.3) is 0 Å². The minimum atomic E-state index is -0.599. The molecule has 0 saturated heterocycles. The SMILES string of the molecule is CC(C)C(=O)CC(C)(C)CC(C)(C)N1C(=O)C=CC1=O. The van der Waals surface area contributed by atoms with Crippen molar-refractivity contribution >= 4 is 17.6 Å². The van der Waals surface area contributed by atoms with E-state index in [9.17, 15) is 14.4 Å². The number of hydrogen-bond donors (Lipinski definition) is 0. The molecule has 20 heavy (non-hydrogen) atoms. The second-order valence-electron chi connectivity index (χ2n) is 7.30. The molecule has 0 N–H and O–H groups in total. The van der Waals surface area contributed by atoms with Crippen LogP contribution >= 0.6 is 0 Å². The van der Waals surface area contributed by atoms with E-state index in [-0.39, 0.29) is 28.9 Å². The lowest BCUT2D eigenvalue weighted by atomic mass is 9.75. The van der Waals surface area contributed by atoms with Gasteiger partial charge in [0.05, 0.1) is 0 Å². The van der Waals surface area contributed by atoms with Crippen molar-refractivity contribution in [3.05, 3.63) is 12.2 Å². The van der Waals surface area contributed by atoms with Crippen LogP contribution in [0.5, 0.6) is 0 Å². The fourth-order valence-corrected chi connectivity index (χ4v) is 2.99. The zero-order chi connectivity index (χ0) is 15.7. The largest absolute Gasteiger partial charge is 0.299 e. The molecule has 0 bridgehead atoms. The van der Waals surface area contributed by atoms with Crippen molar-refractivity contribution in [3.63, 3.8) is 0 Å². The lowest BCUT2D eigenvalue weighted by molar-refractivity contribution is -0.143. The summed E-state index contributed by atoms with van der Waals surface area (Å²) in [6, 6.07) is 0. The van der Waals surface area contributed by atoms with Crippen molar-refractivity contribution in [1.29, 1.82) is 0 Å². The van der Waals surface area contributed by atoms with Crippen LogP contribution in [0.2, 0.25) is 0 Å². The van der Waals surface area contributed by atoms with Gasteiger partial charge in [0.2, 0.25) is 0 Å². The highest BCUT2D eigenvalue weighted by molar-refractivity contribution is 6.13. The zero-order valence-corrected chi connectivity index (χ0v) is 13.3. The van der Waals surface area contributed by atoms with Crippen LogP contribution in [0.3, 0.4) is 0 Å². The molecule has 2 amide bonds. The Kier molecular flexibility index (Phi) is 4.57. The highest BCUT2D eigenvalue weighted by Gasteiger charge is 2.41. The molecule has 112 valence electrons. The summed E-state index contributed by atoms with van der Waals surface area (Å²) in [6.45, 7) is 11.5. The molecule has 0 aliphatic carbocycles. The first-order valence-corrected chi connectivity index (χ1v) is 7.05. The second-order valence-corrected chi connectivity index (χ2v) is 7.30.